The van der Waals surface area contributed by atoms with Crippen LogP contribution in [0.5, 0.6) is 0 Å². The molecule has 0 aromatic carbocycles. The number of ketones is 1. The maximum absolute atomic E-state index is 11.9. The van der Waals surface area contributed by atoms with E-state index in [1.54, 1.807) is 0 Å². The maximum Gasteiger partial charge on any atom is 0.600 e. The largest absolute Gasteiger partial charge is 0.600 e. The Morgan fingerprint density at radius 3 is 1.56 bits per heavy atom. The van der Waals surface area contributed by atoms with E-state index in [4.69, 9.17) is 0 Å². The van der Waals surface area contributed by atoms with E-state index in [9.17, 15) is 40.7 Å². The predicted octanol–water partition coefficient (Wildman–Crippen LogP) is 0.466. The van der Waals surface area contributed by atoms with E-state index in [-0.39, 0.29) is 0 Å². The highest BCUT2D eigenvalue weighted by molar-refractivity contribution is 6.67. The van der Waals surface area contributed by atoms with Crippen LogP contribution in [0.15, 0.2) is 0 Å². The molecule has 0 aliphatic heterocycles. The Hall–Kier alpha value is -1.75. The lowest BCUT2D eigenvalue weighted by atomic mass is 9.66. The van der Waals surface area contributed by atoms with Crippen LogP contribution in [-0.2, 0) is 23.8 Å². The van der Waals surface area contributed by atoms with Crippen LogP contribution in [0.2, 0.25) is 0 Å². The molecular weight excluding hydrogens is 277 g/mol. The second-order valence-electron chi connectivity index (χ2n) is 2.69. The van der Waals surface area contributed by atoms with Crippen LogP contribution in [0, 0.1) is 0 Å². The van der Waals surface area contributed by atoms with Gasteiger partial charge in [0.2, 0.25) is 0 Å². The first-order valence-corrected chi connectivity index (χ1v) is 3.88. The molecule has 0 saturated heterocycles. The minimum absolute atomic E-state index is 0.596. The van der Waals surface area contributed by atoms with Crippen molar-refractivity contribution in [3.63, 3.8) is 0 Å². The summed E-state index contributed by atoms with van der Waals surface area (Å²) in [5, 5.41) is 0. The zero-order valence-electron chi connectivity index (χ0n) is 8.39. The maximum atomic E-state index is 11.9. The first-order chi connectivity index (χ1) is 7.91. The van der Waals surface area contributed by atoms with Gasteiger partial charge in [0.1, 0.15) is 0 Å². The number of carbonyl (C=O) groups excluding carboxylic acids is 3. The summed E-state index contributed by atoms with van der Waals surface area (Å²) in [4.78, 5) is 31.6. The molecule has 5 nitrogen and oxygen atoms in total. The van der Waals surface area contributed by atoms with Gasteiger partial charge in [0.05, 0.1) is 7.11 Å². The number of methoxy groups -OCH3 is 1. The normalized spacial score (nSPS) is 11.7. The molecule has 0 unspecified atom stereocenters. The minimum atomic E-state index is -5.97. The second kappa shape index (κ2) is 5.27. The summed E-state index contributed by atoms with van der Waals surface area (Å²) in [6.07, 6.45) is -11.9. The Balaban J connectivity index is 4.99. The van der Waals surface area contributed by atoms with Gasteiger partial charge < -0.3 is 9.39 Å². The van der Waals surface area contributed by atoms with E-state index >= 15 is 0 Å². The third-order valence-electron chi connectivity index (χ3n) is 1.38. The average Bonchev–Trinajstić information content (AvgIpc) is 2.19. The van der Waals surface area contributed by atoms with E-state index in [1.807, 2.05) is 0 Å². The summed E-state index contributed by atoms with van der Waals surface area (Å²) in [6, 6.07) is 0. The quantitative estimate of drug-likeness (QED) is 0.247. The number of Topliss-reactive ketones (excluding diaryl/α,β-unsaturated/α-hetero) is 1. The van der Waals surface area contributed by atoms with Crippen LogP contribution in [0.25, 0.3) is 0 Å². The molecule has 18 heavy (non-hydrogen) atoms. The van der Waals surface area contributed by atoms with Crippen molar-refractivity contribution in [3.05, 3.63) is 0 Å². The van der Waals surface area contributed by atoms with E-state index in [1.165, 1.54) is 0 Å². The minimum Gasteiger partial charge on any atom is -0.514 e. The number of rotatable bonds is 3. The second-order valence-corrected chi connectivity index (χ2v) is 2.69. The van der Waals surface area contributed by atoms with Crippen molar-refractivity contribution >= 4 is 24.6 Å². The Labute approximate surface area is 95.1 Å². The summed E-state index contributed by atoms with van der Waals surface area (Å²) >= 11 is 0. The Morgan fingerprint density at radius 2 is 1.28 bits per heavy atom. The lowest BCUT2D eigenvalue weighted by Crippen LogP contribution is -2.52. The molecule has 0 rings (SSSR count). The van der Waals surface area contributed by atoms with E-state index < -0.39 is 36.8 Å². The SMILES string of the molecule is COC(=O)C(=O)C(=O)OB(C(F)(F)F)C(F)(F)F. The number of hydrogen-bond donors (Lipinski definition) is 0. The molecule has 0 aromatic heterocycles. The van der Waals surface area contributed by atoms with Gasteiger partial charge in [-0.2, -0.15) is 26.3 Å². The fourth-order valence-corrected chi connectivity index (χ4v) is 0.656. The fraction of sp³-hybridized carbons (Fsp3) is 0.500. The van der Waals surface area contributed by atoms with Gasteiger partial charge in [0.25, 0.3) is 0 Å². The predicted molar refractivity (Wildman–Crippen MR) is 41.0 cm³/mol. The summed E-state index contributed by atoms with van der Waals surface area (Å²) in [7, 11) is 0.596. The molecule has 0 spiro atoms. The van der Waals surface area contributed by atoms with E-state index in [0.717, 1.165) is 0 Å². The van der Waals surface area contributed by atoms with Crippen LogP contribution in [0.3, 0.4) is 0 Å². The van der Waals surface area contributed by atoms with Crippen molar-refractivity contribution in [1.82, 2.24) is 0 Å². The molecule has 0 fully saturated rings. The van der Waals surface area contributed by atoms with Gasteiger partial charge >= 0.3 is 36.8 Å². The molecule has 0 aliphatic carbocycles. The highest BCUT2D eigenvalue weighted by Gasteiger charge is 2.67. The zero-order valence-corrected chi connectivity index (χ0v) is 8.39. The van der Waals surface area contributed by atoms with Crippen LogP contribution >= 0.6 is 0 Å². The van der Waals surface area contributed by atoms with Gasteiger partial charge in [-0.1, -0.05) is 0 Å². The lowest BCUT2D eigenvalue weighted by molar-refractivity contribution is -0.164. The van der Waals surface area contributed by atoms with Gasteiger partial charge in [-0.3, -0.25) is 4.79 Å². The number of halogens is 6. The highest BCUT2D eigenvalue weighted by atomic mass is 19.4. The molecular formula is C6H3BF6O5. The molecule has 102 valence electrons. The number of hydrogen-bond acceptors (Lipinski definition) is 5. The summed E-state index contributed by atoms with van der Waals surface area (Å²) in [6.45, 7) is -4.49. The molecule has 0 radical (unpaired) electrons. The standard InChI is InChI=1S/C6H3BF6O5/c1-17-3(15)2(14)4(16)18-7(5(8,9)10)6(11,12)13/h1H3. The van der Waals surface area contributed by atoms with Crippen molar-refractivity contribution in [2.24, 2.45) is 0 Å². The third-order valence-corrected chi connectivity index (χ3v) is 1.38. The molecule has 0 aliphatic rings. The average molecular weight is 280 g/mol. The van der Waals surface area contributed by atoms with Gasteiger partial charge in [-0.25, -0.2) is 9.59 Å². The van der Waals surface area contributed by atoms with Gasteiger partial charge in [0.15, 0.2) is 0 Å². The summed E-state index contributed by atoms with van der Waals surface area (Å²) in [5.74, 6) is -6.83. The topological polar surface area (TPSA) is 69.7 Å². The van der Waals surface area contributed by atoms with Crippen molar-refractivity contribution in [2.45, 2.75) is 12.2 Å². The van der Waals surface area contributed by atoms with Crippen LogP contribution in [-0.4, -0.2) is 43.9 Å². The van der Waals surface area contributed by atoms with Crippen molar-refractivity contribution in [1.29, 1.82) is 0 Å². The Kier molecular flexibility index (Phi) is 4.76. The van der Waals surface area contributed by atoms with Gasteiger partial charge in [-0.15, -0.1) is 0 Å². The van der Waals surface area contributed by atoms with E-state index in [2.05, 4.69) is 9.39 Å². The smallest absolute Gasteiger partial charge is 0.514 e. The first-order valence-electron chi connectivity index (χ1n) is 3.88. The van der Waals surface area contributed by atoms with E-state index in [0.29, 0.717) is 7.11 Å². The Bertz CT molecular complexity index is 346. The van der Waals surface area contributed by atoms with Crippen molar-refractivity contribution < 1.29 is 50.1 Å². The van der Waals surface area contributed by atoms with Gasteiger partial charge in [0, 0.05) is 0 Å². The fourth-order valence-electron chi connectivity index (χ4n) is 0.656. The third kappa shape index (κ3) is 4.26. The van der Waals surface area contributed by atoms with Gasteiger partial charge in [-0.05, 0) is 0 Å². The molecule has 0 amide bonds. The molecule has 12 heteroatoms. The van der Waals surface area contributed by atoms with Crippen LogP contribution in [0.4, 0.5) is 26.3 Å². The lowest BCUT2D eigenvalue weighted by Gasteiger charge is -2.18. The summed E-state index contributed by atoms with van der Waals surface area (Å²) < 4.78 is 77.9. The van der Waals surface area contributed by atoms with Crippen LogP contribution in [0.1, 0.15) is 0 Å². The highest BCUT2D eigenvalue weighted by Crippen LogP contribution is 2.32. The molecule has 0 atom stereocenters. The van der Waals surface area contributed by atoms with Crippen molar-refractivity contribution in [2.75, 3.05) is 7.11 Å². The molecule has 0 N–H and O–H groups in total. The zero-order chi connectivity index (χ0) is 14.7. The number of carbonyl (C=O) groups is 3. The number of alkyl halides is 6. The first kappa shape index (κ1) is 16.3. The molecule has 0 bridgehead atoms. The monoisotopic (exact) mass is 280 g/mol. The molecule has 0 saturated carbocycles. The Morgan fingerprint density at radius 1 is 0.889 bits per heavy atom. The summed E-state index contributed by atoms with van der Waals surface area (Å²) in [5.41, 5.74) is 0. The van der Waals surface area contributed by atoms with Crippen molar-refractivity contribution in [3.8, 4) is 0 Å². The molecule has 0 aromatic rings. The number of esters is 1. The molecule has 0 heterocycles. The number of ether oxygens (including phenoxy) is 1. The van der Waals surface area contributed by atoms with Crippen LogP contribution < -0.4 is 0 Å².